The zero-order valence-electron chi connectivity index (χ0n) is 29.8. The third-order valence-electron chi connectivity index (χ3n) is 9.17. The Morgan fingerprint density at radius 1 is 0.981 bits per heavy atom. The molecule has 4 aromatic rings. The van der Waals surface area contributed by atoms with Crippen molar-refractivity contribution in [2.75, 3.05) is 6.61 Å². The number of rotatable bonds is 8. The third kappa shape index (κ3) is 10.0. The molecular weight excluding hydrogens is 662 g/mol. The molecule has 14 heteroatoms. The number of nitrogens with zero attached hydrogens (tertiary/aromatic N) is 4. The van der Waals surface area contributed by atoms with Crippen molar-refractivity contribution in [3.05, 3.63) is 95.6 Å². The molecule has 2 bridgehead atoms. The first kappa shape index (κ1) is 36.3. The van der Waals surface area contributed by atoms with Crippen LogP contribution in [0.25, 0.3) is 0 Å². The maximum Gasteiger partial charge on any atom is 0.270 e. The smallest absolute Gasteiger partial charge is 0.270 e. The normalized spacial score (nSPS) is 21.7. The van der Waals surface area contributed by atoms with E-state index in [0.717, 1.165) is 24.0 Å². The number of aromatic nitrogens is 5. The first-order chi connectivity index (χ1) is 25.1. The lowest BCUT2D eigenvalue weighted by atomic mass is 10.0. The molecule has 4 atom stereocenters. The highest BCUT2D eigenvalue weighted by atomic mass is 16.5. The Morgan fingerprint density at radius 2 is 1.75 bits per heavy atom. The molecule has 2 aliphatic heterocycles. The average molecular weight is 710 g/mol. The molecule has 5 N–H and O–H groups in total. The average Bonchev–Trinajstić information content (AvgIpc) is 3.58. The quantitative estimate of drug-likeness (QED) is 0.185. The number of carbonyl (C=O) groups is 4. The monoisotopic (exact) mass is 709 g/mol. The number of H-pyrrole nitrogens is 1. The van der Waals surface area contributed by atoms with Crippen LogP contribution in [0.2, 0.25) is 0 Å². The number of nitrogens with one attached hydrogen (secondary N) is 5. The fraction of sp³-hybridized carbons (Fsp3) is 0.447. The number of imidazole rings is 1. The molecule has 1 saturated carbocycles. The third-order valence-corrected chi connectivity index (χ3v) is 9.17. The lowest BCUT2D eigenvalue weighted by Gasteiger charge is -2.25. The van der Waals surface area contributed by atoms with E-state index in [4.69, 9.17) is 14.8 Å². The van der Waals surface area contributed by atoms with E-state index in [1.54, 1.807) is 23.7 Å². The number of carbonyl (C=O) groups excluding carboxylic acids is 4. The second-order valence-electron chi connectivity index (χ2n) is 14.2. The number of aromatic amines is 1. The number of benzene rings is 2. The summed E-state index contributed by atoms with van der Waals surface area (Å²) in [6, 6.07) is 14.0. The van der Waals surface area contributed by atoms with Crippen molar-refractivity contribution in [2.24, 2.45) is 11.8 Å². The highest BCUT2D eigenvalue weighted by Crippen LogP contribution is 2.32. The van der Waals surface area contributed by atoms with Crippen LogP contribution in [0, 0.1) is 11.8 Å². The highest BCUT2D eigenvalue weighted by Gasteiger charge is 2.31. The van der Waals surface area contributed by atoms with Gasteiger partial charge in [0.15, 0.2) is 11.6 Å². The molecule has 1 fully saturated rings. The van der Waals surface area contributed by atoms with E-state index < -0.39 is 35.8 Å². The second-order valence-corrected chi connectivity index (χ2v) is 14.2. The van der Waals surface area contributed by atoms with Gasteiger partial charge in [0.1, 0.15) is 36.7 Å². The number of ether oxygens (including phenoxy) is 1. The Kier molecular flexibility index (Phi) is 11.6. The Bertz CT molecular complexity index is 1820. The Morgan fingerprint density at radius 3 is 2.44 bits per heavy atom. The van der Waals surface area contributed by atoms with Gasteiger partial charge in [-0.05, 0) is 67.7 Å². The van der Waals surface area contributed by atoms with Crippen molar-refractivity contribution in [1.82, 2.24) is 46.0 Å². The van der Waals surface area contributed by atoms with E-state index in [9.17, 15) is 19.2 Å². The summed E-state index contributed by atoms with van der Waals surface area (Å²) >= 11 is 0. The van der Waals surface area contributed by atoms with Crippen LogP contribution in [0.3, 0.4) is 0 Å². The highest BCUT2D eigenvalue weighted by molar-refractivity contribution is 5.97. The molecule has 2 aromatic carbocycles. The summed E-state index contributed by atoms with van der Waals surface area (Å²) in [6.07, 6.45) is 6.87. The fourth-order valence-electron chi connectivity index (χ4n) is 6.30. The molecule has 274 valence electrons. The van der Waals surface area contributed by atoms with Crippen molar-refractivity contribution in [3.63, 3.8) is 0 Å². The van der Waals surface area contributed by atoms with Gasteiger partial charge in [-0.2, -0.15) is 5.10 Å². The van der Waals surface area contributed by atoms with Crippen LogP contribution in [0.1, 0.15) is 79.3 Å². The SMILES string of the molecule is CC(C)C[C@H]1COc2ccc(cc2)C[C@H](NC(=O)c2cnc[nH]2)C(=O)N[C@H](C)C(=O)N[C@H](Cc2ccccc2)c2nc(CC3CC3)nn2CC(=O)N1. The van der Waals surface area contributed by atoms with Crippen LogP contribution >= 0.6 is 0 Å². The van der Waals surface area contributed by atoms with E-state index in [1.807, 2.05) is 42.5 Å². The molecule has 1 aliphatic carbocycles. The lowest BCUT2D eigenvalue weighted by molar-refractivity contribution is -0.130. The minimum absolute atomic E-state index is 0.0958. The van der Waals surface area contributed by atoms with Gasteiger partial charge in [-0.15, -0.1) is 0 Å². The predicted molar refractivity (Wildman–Crippen MR) is 192 cm³/mol. The molecule has 4 amide bonds. The Hall–Kier alpha value is -5.53. The molecule has 0 unspecified atom stereocenters. The van der Waals surface area contributed by atoms with Gasteiger partial charge in [0.05, 0.1) is 24.6 Å². The minimum atomic E-state index is -1.01. The van der Waals surface area contributed by atoms with Gasteiger partial charge in [0.2, 0.25) is 17.7 Å². The van der Waals surface area contributed by atoms with E-state index in [1.165, 1.54) is 12.5 Å². The first-order valence-electron chi connectivity index (χ1n) is 18.0. The Balaban J connectivity index is 1.33. The van der Waals surface area contributed by atoms with Gasteiger partial charge in [-0.25, -0.2) is 14.6 Å². The molecule has 3 aliphatic rings. The number of fused-ring (bicyclic) bond motifs is 14. The van der Waals surface area contributed by atoms with Gasteiger partial charge in [0, 0.05) is 12.8 Å². The number of amides is 4. The van der Waals surface area contributed by atoms with Gasteiger partial charge >= 0.3 is 0 Å². The molecule has 0 radical (unpaired) electrons. The summed E-state index contributed by atoms with van der Waals surface area (Å²) < 4.78 is 7.73. The first-order valence-corrected chi connectivity index (χ1v) is 18.0. The largest absolute Gasteiger partial charge is 0.491 e. The summed E-state index contributed by atoms with van der Waals surface area (Å²) in [6.45, 7) is 5.92. The van der Waals surface area contributed by atoms with Gasteiger partial charge in [-0.3, -0.25) is 19.2 Å². The molecule has 0 saturated heterocycles. The van der Waals surface area contributed by atoms with Crippen molar-refractivity contribution < 1.29 is 23.9 Å². The fourth-order valence-corrected chi connectivity index (χ4v) is 6.30. The van der Waals surface area contributed by atoms with Crippen LogP contribution < -0.4 is 26.0 Å². The van der Waals surface area contributed by atoms with Gasteiger partial charge in [0.25, 0.3) is 5.91 Å². The topological polar surface area (TPSA) is 185 Å². The van der Waals surface area contributed by atoms with Crippen molar-refractivity contribution in [1.29, 1.82) is 0 Å². The molecule has 14 nitrogen and oxygen atoms in total. The van der Waals surface area contributed by atoms with Crippen molar-refractivity contribution in [2.45, 2.75) is 90.0 Å². The molecule has 4 heterocycles. The zero-order valence-corrected chi connectivity index (χ0v) is 29.8. The summed E-state index contributed by atoms with van der Waals surface area (Å²) in [5.74, 6) is 0.735. The van der Waals surface area contributed by atoms with E-state index >= 15 is 0 Å². The van der Waals surface area contributed by atoms with Crippen molar-refractivity contribution >= 4 is 23.6 Å². The maximum absolute atomic E-state index is 13.9. The van der Waals surface area contributed by atoms with Crippen LogP contribution in [0.5, 0.6) is 5.75 Å². The van der Waals surface area contributed by atoms with Gasteiger partial charge in [-0.1, -0.05) is 56.3 Å². The Labute approximate surface area is 302 Å². The number of hydrogen-bond acceptors (Lipinski definition) is 8. The predicted octanol–water partition coefficient (Wildman–Crippen LogP) is 2.82. The molecule has 52 heavy (non-hydrogen) atoms. The second kappa shape index (κ2) is 16.7. The summed E-state index contributed by atoms with van der Waals surface area (Å²) in [5.41, 5.74) is 1.91. The van der Waals surface area contributed by atoms with E-state index in [2.05, 4.69) is 45.1 Å². The standard InChI is InChI=1S/C38H47N9O5/c1-23(2)15-28-21-52-29-13-11-26(12-14-29)17-31(44-38(51)32-19-39-22-40-32)37(50)41-24(3)36(49)43-30(16-25-7-5-4-6-8-25)35-45-33(18-27-9-10-27)46-47(35)20-34(48)42-28/h4-8,11-14,19,22-24,27-28,30-31H,9-10,15-18,20-21H2,1-3H3,(H,39,40)(H,41,50)(H,42,48)(H,43,49)(H,44,51)/t24-,28+,30-,31+/m1/s1. The van der Waals surface area contributed by atoms with Gasteiger partial charge < -0.3 is 31.0 Å². The maximum atomic E-state index is 13.9. The van der Waals surface area contributed by atoms with Crippen molar-refractivity contribution in [3.8, 4) is 5.75 Å². The summed E-state index contributed by atoms with van der Waals surface area (Å²) in [4.78, 5) is 65.9. The molecular formula is C38H47N9O5. The summed E-state index contributed by atoms with van der Waals surface area (Å²) in [5, 5.41) is 16.6. The van der Waals surface area contributed by atoms with Crippen LogP contribution in [-0.2, 0) is 40.2 Å². The van der Waals surface area contributed by atoms with Crippen LogP contribution in [0.15, 0.2) is 67.1 Å². The van der Waals surface area contributed by atoms with Crippen LogP contribution in [0.4, 0.5) is 0 Å². The van der Waals surface area contributed by atoms with E-state index in [-0.39, 0.29) is 37.2 Å². The van der Waals surface area contributed by atoms with E-state index in [0.29, 0.717) is 48.5 Å². The minimum Gasteiger partial charge on any atom is -0.491 e. The van der Waals surface area contributed by atoms with Crippen LogP contribution in [-0.4, -0.2) is 73.1 Å². The molecule has 2 aromatic heterocycles. The lowest BCUT2D eigenvalue weighted by Crippen LogP contribution is -2.54. The molecule has 7 rings (SSSR count). The number of hydrogen-bond donors (Lipinski definition) is 5. The zero-order chi connectivity index (χ0) is 36.6. The molecule has 0 spiro atoms. The summed E-state index contributed by atoms with van der Waals surface area (Å²) in [7, 11) is 0.